The Morgan fingerprint density at radius 2 is 1.83 bits per heavy atom. The summed E-state index contributed by atoms with van der Waals surface area (Å²) >= 11 is 0. The molecule has 0 aromatic heterocycles. The smallest absolute Gasteiger partial charge is 0.390 e. The van der Waals surface area contributed by atoms with Crippen LogP contribution in [-0.4, -0.2) is 5.97 Å². The summed E-state index contributed by atoms with van der Waals surface area (Å²) in [6, 6.07) is 16.6. The summed E-state index contributed by atoms with van der Waals surface area (Å²) in [5.41, 5.74) is 1.83. The average molecular weight is 236 g/mol. The van der Waals surface area contributed by atoms with E-state index < -0.39 is 5.97 Å². The molecular weight excluding hydrogens is 224 g/mol. The van der Waals surface area contributed by atoms with E-state index in [9.17, 15) is 4.79 Å². The minimum Gasteiger partial charge on any atom is -0.417 e. The van der Waals surface area contributed by atoms with Crippen LogP contribution in [0.4, 0.5) is 0 Å². The van der Waals surface area contributed by atoms with Gasteiger partial charge in [0.05, 0.1) is 0 Å². The van der Waals surface area contributed by atoms with E-state index in [0.717, 1.165) is 11.1 Å². The van der Waals surface area contributed by atoms with Crippen LogP contribution in [0.3, 0.4) is 0 Å². The third kappa shape index (κ3) is 3.50. The summed E-state index contributed by atoms with van der Waals surface area (Å²) in [5, 5.41) is 0. The first kappa shape index (κ1) is 11.9. The molecular formula is C16H12O2. The lowest BCUT2D eigenvalue weighted by molar-refractivity contribution is -0.128. The Balaban J connectivity index is 2.04. The molecule has 0 radical (unpaired) electrons. The van der Waals surface area contributed by atoms with E-state index in [2.05, 4.69) is 11.8 Å². The van der Waals surface area contributed by atoms with Gasteiger partial charge in [0.2, 0.25) is 0 Å². The van der Waals surface area contributed by atoms with Gasteiger partial charge in [-0.25, -0.2) is 4.79 Å². The molecule has 0 spiro atoms. The van der Waals surface area contributed by atoms with Crippen molar-refractivity contribution in [3.63, 3.8) is 0 Å². The summed E-state index contributed by atoms with van der Waals surface area (Å²) < 4.78 is 5.10. The zero-order valence-corrected chi connectivity index (χ0v) is 10.0. The number of carbonyl (C=O) groups is 1. The summed E-state index contributed by atoms with van der Waals surface area (Å²) in [5.74, 6) is 5.18. The van der Waals surface area contributed by atoms with Crippen LogP contribution >= 0.6 is 0 Å². The van der Waals surface area contributed by atoms with Crippen molar-refractivity contribution in [3.05, 3.63) is 65.7 Å². The SMILES string of the molecule is Cc1cccc(OC(=O)C#Cc2ccccc2)c1. The molecule has 0 atom stereocenters. The number of esters is 1. The Kier molecular flexibility index (Phi) is 3.78. The van der Waals surface area contributed by atoms with Gasteiger partial charge in [-0.2, -0.15) is 0 Å². The fourth-order valence-corrected chi connectivity index (χ4v) is 1.46. The van der Waals surface area contributed by atoms with E-state index in [-0.39, 0.29) is 0 Å². The molecule has 88 valence electrons. The van der Waals surface area contributed by atoms with Crippen LogP contribution < -0.4 is 4.74 Å². The van der Waals surface area contributed by atoms with Crippen LogP contribution in [-0.2, 0) is 4.79 Å². The van der Waals surface area contributed by atoms with Crippen LogP contribution in [0, 0.1) is 18.8 Å². The topological polar surface area (TPSA) is 26.3 Å². The molecule has 2 heteroatoms. The van der Waals surface area contributed by atoms with E-state index in [1.165, 1.54) is 0 Å². The second-order valence-corrected chi connectivity index (χ2v) is 3.82. The highest BCUT2D eigenvalue weighted by Gasteiger charge is 2.00. The summed E-state index contributed by atoms with van der Waals surface area (Å²) in [4.78, 5) is 11.5. The molecule has 0 heterocycles. The van der Waals surface area contributed by atoms with Gasteiger partial charge in [0.1, 0.15) is 5.75 Å². The number of rotatable bonds is 1. The number of benzene rings is 2. The van der Waals surface area contributed by atoms with Crippen LogP contribution in [0.15, 0.2) is 54.6 Å². The minimum absolute atomic E-state index is 0.516. The minimum atomic E-state index is -0.551. The van der Waals surface area contributed by atoms with Crippen LogP contribution in [0.25, 0.3) is 0 Å². The van der Waals surface area contributed by atoms with Crippen molar-refractivity contribution in [1.29, 1.82) is 0 Å². The van der Waals surface area contributed by atoms with Gasteiger partial charge in [0.15, 0.2) is 0 Å². The Morgan fingerprint density at radius 1 is 1.06 bits per heavy atom. The van der Waals surface area contributed by atoms with E-state index in [0.29, 0.717) is 5.75 Å². The first-order valence-corrected chi connectivity index (χ1v) is 5.59. The van der Waals surface area contributed by atoms with Crippen molar-refractivity contribution in [2.75, 3.05) is 0 Å². The van der Waals surface area contributed by atoms with Crippen LogP contribution in [0.2, 0.25) is 0 Å². The second-order valence-electron chi connectivity index (χ2n) is 3.82. The average Bonchev–Trinajstić information content (AvgIpc) is 2.38. The summed E-state index contributed by atoms with van der Waals surface area (Å²) in [7, 11) is 0. The Labute approximate surface area is 106 Å². The lowest BCUT2D eigenvalue weighted by Crippen LogP contribution is -2.04. The molecule has 0 aliphatic rings. The van der Waals surface area contributed by atoms with Gasteiger partial charge >= 0.3 is 5.97 Å². The van der Waals surface area contributed by atoms with Gasteiger partial charge in [0.25, 0.3) is 0 Å². The molecule has 0 saturated carbocycles. The molecule has 18 heavy (non-hydrogen) atoms. The maximum atomic E-state index is 11.5. The third-order valence-electron chi connectivity index (χ3n) is 2.28. The van der Waals surface area contributed by atoms with Crippen molar-refractivity contribution in [3.8, 4) is 17.6 Å². The zero-order valence-electron chi connectivity index (χ0n) is 10.0. The predicted octanol–water partition coefficient (Wildman–Crippen LogP) is 2.95. The van der Waals surface area contributed by atoms with Crippen LogP contribution in [0.1, 0.15) is 11.1 Å². The van der Waals surface area contributed by atoms with Gasteiger partial charge in [-0.15, -0.1) is 0 Å². The van der Waals surface area contributed by atoms with E-state index >= 15 is 0 Å². The molecule has 0 aliphatic carbocycles. The van der Waals surface area contributed by atoms with Crippen molar-refractivity contribution < 1.29 is 9.53 Å². The third-order valence-corrected chi connectivity index (χ3v) is 2.28. The fourth-order valence-electron chi connectivity index (χ4n) is 1.46. The molecule has 0 N–H and O–H groups in total. The number of ether oxygens (including phenoxy) is 1. The lowest BCUT2D eigenvalue weighted by atomic mass is 10.2. The number of hydrogen-bond donors (Lipinski definition) is 0. The normalized spacial score (nSPS) is 9.17. The standard InChI is InChI=1S/C16H12O2/c1-13-6-5-9-15(12-13)18-16(17)11-10-14-7-3-2-4-8-14/h2-9,12H,1H3. The molecule has 0 fully saturated rings. The van der Waals surface area contributed by atoms with Gasteiger partial charge < -0.3 is 4.74 Å². The lowest BCUT2D eigenvalue weighted by Gasteiger charge is -2.00. The second kappa shape index (κ2) is 5.70. The van der Waals surface area contributed by atoms with Gasteiger partial charge in [-0.05, 0) is 36.8 Å². The molecule has 0 unspecified atom stereocenters. The van der Waals surface area contributed by atoms with E-state index in [1.54, 1.807) is 12.1 Å². The molecule has 2 rings (SSSR count). The number of aryl methyl sites for hydroxylation is 1. The quantitative estimate of drug-likeness (QED) is 0.432. The first-order chi connectivity index (χ1) is 8.74. The fraction of sp³-hybridized carbons (Fsp3) is 0.0625. The monoisotopic (exact) mass is 236 g/mol. The van der Waals surface area contributed by atoms with Gasteiger partial charge in [0, 0.05) is 11.5 Å². The maximum Gasteiger partial charge on any atom is 0.390 e. The molecule has 0 bridgehead atoms. The highest BCUT2D eigenvalue weighted by molar-refractivity contribution is 5.90. The maximum absolute atomic E-state index is 11.5. The Bertz CT molecular complexity index is 604. The summed E-state index contributed by atoms with van der Waals surface area (Å²) in [6.45, 7) is 1.94. The van der Waals surface area contributed by atoms with Crippen molar-refractivity contribution >= 4 is 5.97 Å². The Hall–Kier alpha value is -2.53. The molecule has 2 aromatic rings. The zero-order chi connectivity index (χ0) is 12.8. The highest BCUT2D eigenvalue weighted by Crippen LogP contribution is 2.12. The molecule has 0 saturated heterocycles. The van der Waals surface area contributed by atoms with Crippen molar-refractivity contribution in [1.82, 2.24) is 0 Å². The van der Waals surface area contributed by atoms with E-state index in [4.69, 9.17) is 4.74 Å². The number of carbonyl (C=O) groups excluding carboxylic acids is 1. The van der Waals surface area contributed by atoms with E-state index in [1.807, 2.05) is 49.4 Å². The van der Waals surface area contributed by atoms with Gasteiger partial charge in [-0.1, -0.05) is 36.3 Å². The summed E-state index contributed by atoms with van der Waals surface area (Å²) in [6.07, 6.45) is 0. The van der Waals surface area contributed by atoms with Gasteiger partial charge in [-0.3, -0.25) is 0 Å². The van der Waals surface area contributed by atoms with Crippen molar-refractivity contribution in [2.45, 2.75) is 6.92 Å². The molecule has 0 aliphatic heterocycles. The highest BCUT2D eigenvalue weighted by atomic mass is 16.5. The largest absolute Gasteiger partial charge is 0.417 e. The molecule has 2 nitrogen and oxygen atoms in total. The predicted molar refractivity (Wildman–Crippen MR) is 70.1 cm³/mol. The number of hydrogen-bond acceptors (Lipinski definition) is 2. The van der Waals surface area contributed by atoms with Crippen molar-refractivity contribution in [2.24, 2.45) is 0 Å². The molecule has 2 aromatic carbocycles. The Morgan fingerprint density at radius 3 is 2.56 bits per heavy atom. The first-order valence-electron chi connectivity index (χ1n) is 5.59. The van der Waals surface area contributed by atoms with Crippen LogP contribution in [0.5, 0.6) is 5.75 Å². The molecule has 0 amide bonds.